The number of carbonyl (C=O) groups is 2. The predicted octanol–water partition coefficient (Wildman–Crippen LogP) is 2.62. The minimum absolute atomic E-state index is 0.437. The molecule has 0 amide bonds. The van der Waals surface area contributed by atoms with Crippen LogP contribution in [0.4, 0.5) is 5.69 Å². The van der Waals surface area contributed by atoms with Crippen molar-refractivity contribution < 1.29 is 9.59 Å². The van der Waals surface area contributed by atoms with Gasteiger partial charge < -0.3 is 5.73 Å². The fraction of sp³-hybridized carbons (Fsp3) is 0.0667. The first-order valence-corrected chi connectivity index (χ1v) is 5.67. The lowest BCUT2D eigenvalue weighted by Gasteiger charge is -2.18. The Morgan fingerprint density at radius 2 is 1.33 bits per heavy atom. The SMILES string of the molecule is Cc1ccc2c(c1)-c1cc(N)ccc1C(=O)C2=O. The summed E-state index contributed by atoms with van der Waals surface area (Å²) in [5, 5.41) is 0. The van der Waals surface area contributed by atoms with Crippen molar-refractivity contribution in [3.8, 4) is 11.1 Å². The van der Waals surface area contributed by atoms with Gasteiger partial charge in [0.15, 0.2) is 0 Å². The molecular weight excluding hydrogens is 226 g/mol. The molecule has 0 saturated heterocycles. The van der Waals surface area contributed by atoms with E-state index in [1.165, 1.54) is 0 Å². The van der Waals surface area contributed by atoms with Crippen molar-refractivity contribution >= 4 is 17.3 Å². The average molecular weight is 237 g/mol. The molecule has 0 saturated carbocycles. The van der Waals surface area contributed by atoms with Crippen LogP contribution in [0.5, 0.6) is 0 Å². The van der Waals surface area contributed by atoms with E-state index in [-0.39, 0.29) is 0 Å². The van der Waals surface area contributed by atoms with Crippen LogP contribution >= 0.6 is 0 Å². The summed E-state index contributed by atoms with van der Waals surface area (Å²) in [6.45, 7) is 1.95. The van der Waals surface area contributed by atoms with Gasteiger partial charge in [-0.15, -0.1) is 0 Å². The number of nitrogens with two attached hydrogens (primary N) is 1. The summed E-state index contributed by atoms with van der Waals surface area (Å²) in [6, 6.07) is 10.5. The van der Waals surface area contributed by atoms with E-state index < -0.39 is 11.6 Å². The molecule has 1 aliphatic carbocycles. The number of rotatable bonds is 0. The molecule has 1 aliphatic rings. The highest BCUT2D eigenvalue weighted by Gasteiger charge is 2.30. The molecule has 0 heterocycles. The number of carbonyl (C=O) groups excluding carboxylic acids is 2. The highest BCUT2D eigenvalue weighted by atomic mass is 16.2. The van der Waals surface area contributed by atoms with Gasteiger partial charge in [0.1, 0.15) is 0 Å². The van der Waals surface area contributed by atoms with Gasteiger partial charge in [-0.3, -0.25) is 9.59 Å². The topological polar surface area (TPSA) is 60.2 Å². The molecule has 0 aromatic heterocycles. The fourth-order valence-electron chi connectivity index (χ4n) is 2.31. The van der Waals surface area contributed by atoms with Gasteiger partial charge in [-0.25, -0.2) is 0 Å². The molecule has 0 aliphatic heterocycles. The number of nitrogen functional groups attached to an aromatic ring is 1. The van der Waals surface area contributed by atoms with Gasteiger partial charge in [0.05, 0.1) is 0 Å². The van der Waals surface area contributed by atoms with Crippen LogP contribution in [0.15, 0.2) is 36.4 Å². The summed E-state index contributed by atoms with van der Waals surface area (Å²) in [6.07, 6.45) is 0. The lowest BCUT2D eigenvalue weighted by Crippen LogP contribution is -2.21. The van der Waals surface area contributed by atoms with Crippen LogP contribution in [0.3, 0.4) is 0 Å². The number of hydrogen-bond donors (Lipinski definition) is 1. The van der Waals surface area contributed by atoms with Gasteiger partial charge in [-0.05, 0) is 36.2 Å². The van der Waals surface area contributed by atoms with Crippen LogP contribution in [-0.4, -0.2) is 11.6 Å². The van der Waals surface area contributed by atoms with Gasteiger partial charge >= 0.3 is 0 Å². The predicted molar refractivity (Wildman–Crippen MR) is 69.7 cm³/mol. The molecule has 88 valence electrons. The van der Waals surface area contributed by atoms with E-state index in [0.717, 1.165) is 16.7 Å². The second-order valence-corrected chi connectivity index (χ2v) is 4.51. The molecular formula is C15H11NO2. The van der Waals surface area contributed by atoms with Crippen molar-refractivity contribution in [1.29, 1.82) is 0 Å². The van der Waals surface area contributed by atoms with E-state index >= 15 is 0 Å². The molecule has 0 radical (unpaired) electrons. The summed E-state index contributed by atoms with van der Waals surface area (Å²) in [5.74, 6) is -0.899. The molecule has 0 fully saturated rings. The Labute approximate surface area is 104 Å². The van der Waals surface area contributed by atoms with Crippen molar-refractivity contribution in [2.24, 2.45) is 0 Å². The Balaban J connectivity index is 2.40. The molecule has 3 rings (SSSR count). The third-order valence-corrected chi connectivity index (χ3v) is 3.20. The summed E-state index contributed by atoms with van der Waals surface area (Å²) < 4.78 is 0. The van der Waals surface area contributed by atoms with E-state index in [9.17, 15) is 9.59 Å². The summed E-state index contributed by atoms with van der Waals surface area (Å²) in [4.78, 5) is 24.0. The zero-order valence-electron chi connectivity index (χ0n) is 9.86. The van der Waals surface area contributed by atoms with Gasteiger partial charge in [-0.2, -0.15) is 0 Å². The van der Waals surface area contributed by atoms with Crippen molar-refractivity contribution in [2.45, 2.75) is 6.92 Å². The molecule has 2 aromatic carbocycles. The fourth-order valence-corrected chi connectivity index (χ4v) is 2.31. The van der Waals surface area contributed by atoms with Crippen LogP contribution in [0.1, 0.15) is 26.3 Å². The summed E-state index contributed by atoms with van der Waals surface area (Å²) >= 11 is 0. The zero-order chi connectivity index (χ0) is 12.9. The van der Waals surface area contributed by atoms with Gasteiger partial charge in [-0.1, -0.05) is 23.8 Å². The van der Waals surface area contributed by atoms with Gasteiger partial charge in [0, 0.05) is 16.8 Å². The molecule has 0 unspecified atom stereocenters. The largest absolute Gasteiger partial charge is 0.399 e. The average Bonchev–Trinajstić information content (AvgIpc) is 2.36. The monoisotopic (exact) mass is 237 g/mol. The van der Waals surface area contributed by atoms with Gasteiger partial charge in [0.2, 0.25) is 11.6 Å². The first-order valence-electron chi connectivity index (χ1n) is 5.67. The number of aryl methyl sites for hydroxylation is 1. The molecule has 0 atom stereocenters. The first kappa shape index (κ1) is 10.7. The highest BCUT2D eigenvalue weighted by Crippen LogP contribution is 2.35. The Morgan fingerprint density at radius 3 is 2.00 bits per heavy atom. The minimum Gasteiger partial charge on any atom is -0.399 e. The molecule has 0 spiro atoms. The Morgan fingerprint density at radius 1 is 0.778 bits per heavy atom. The lowest BCUT2D eigenvalue weighted by atomic mass is 9.83. The maximum atomic E-state index is 12.0. The molecule has 18 heavy (non-hydrogen) atoms. The smallest absolute Gasteiger partial charge is 0.234 e. The Kier molecular flexibility index (Phi) is 2.10. The Bertz CT molecular complexity index is 640. The van der Waals surface area contributed by atoms with Crippen LogP contribution in [-0.2, 0) is 0 Å². The zero-order valence-corrected chi connectivity index (χ0v) is 9.86. The quantitative estimate of drug-likeness (QED) is 0.566. The van der Waals surface area contributed by atoms with Crippen LogP contribution in [0.25, 0.3) is 11.1 Å². The molecule has 3 nitrogen and oxygen atoms in total. The van der Waals surface area contributed by atoms with Crippen LogP contribution in [0, 0.1) is 6.92 Å². The minimum atomic E-state index is -0.457. The highest BCUT2D eigenvalue weighted by molar-refractivity contribution is 6.53. The number of ketones is 2. The number of benzene rings is 2. The maximum Gasteiger partial charge on any atom is 0.234 e. The van der Waals surface area contributed by atoms with E-state index in [2.05, 4.69) is 0 Å². The molecule has 3 heteroatoms. The van der Waals surface area contributed by atoms with Crippen LogP contribution in [0.2, 0.25) is 0 Å². The van der Waals surface area contributed by atoms with Crippen molar-refractivity contribution in [3.05, 3.63) is 53.1 Å². The number of fused-ring (bicyclic) bond motifs is 3. The molecule has 0 bridgehead atoms. The van der Waals surface area contributed by atoms with Crippen LogP contribution < -0.4 is 5.73 Å². The third-order valence-electron chi connectivity index (χ3n) is 3.20. The second-order valence-electron chi connectivity index (χ2n) is 4.51. The number of anilines is 1. The molecule has 2 N–H and O–H groups in total. The lowest BCUT2D eigenvalue weighted by molar-refractivity contribution is 0.0815. The van der Waals surface area contributed by atoms with Crippen molar-refractivity contribution in [1.82, 2.24) is 0 Å². The first-order chi connectivity index (χ1) is 8.58. The van der Waals surface area contributed by atoms with E-state index in [0.29, 0.717) is 16.8 Å². The summed E-state index contributed by atoms with van der Waals surface area (Å²) in [7, 11) is 0. The summed E-state index contributed by atoms with van der Waals surface area (Å²) in [5.41, 5.74) is 9.83. The Hall–Kier alpha value is -2.42. The maximum absolute atomic E-state index is 12.0. The van der Waals surface area contributed by atoms with Crippen molar-refractivity contribution in [2.75, 3.05) is 5.73 Å². The van der Waals surface area contributed by atoms with E-state index in [1.54, 1.807) is 24.3 Å². The third kappa shape index (κ3) is 1.37. The normalized spacial score (nSPS) is 13.2. The molecule has 2 aromatic rings. The second kappa shape index (κ2) is 3.53. The standard InChI is InChI=1S/C15H11NO2/c1-8-2-4-10-12(6-8)13-7-9(16)3-5-11(13)15(18)14(10)17/h2-7H,16H2,1H3. The number of hydrogen-bond acceptors (Lipinski definition) is 3. The van der Waals surface area contributed by atoms with Gasteiger partial charge in [0.25, 0.3) is 0 Å². The van der Waals surface area contributed by atoms with E-state index in [1.807, 2.05) is 19.1 Å². The number of Topliss-reactive ketones (excluding diaryl/α,β-unsaturated/α-hetero) is 2. The van der Waals surface area contributed by atoms with Crippen molar-refractivity contribution in [3.63, 3.8) is 0 Å². The van der Waals surface area contributed by atoms with E-state index in [4.69, 9.17) is 5.73 Å².